The van der Waals surface area contributed by atoms with Crippen molar-refractivity contribution in [3.8, 4) is 11.5 Å². The average molecular weight is 291 g/mol. The molecule has 2 N–H and O–H groups in total. The van der Waals surface area contributed by atoms with Crippen LogP contribution in [0.5, 0.6) is 11.5 Å². The molecule has 2 fully saturated rings. The number of ether oxygens (including phenoxy) is 2. The van der Waals surface area contributed by atoms with Crippen LogP contribution in [0.4, 0.5) is 0 Å². The largest absolute Gasteiger partial charge is 0.490 e. The molecule has 0 radical (unpaired) electrons. The number of aliphatic hydroxyl groups is 1. The Bertz CT molecular complexity index is 473. The summed E-state index contributed by atoms with van der Waals surface area (Å²) in [6.07, 6.45) is 4.91. The van der Waals surface area contributed by atoms with Crippen molar-refractivity contribution in [1.82, 2.24) is 5.32 Å². The molecule has 1 aromatic rings. The summed E-state index contributed by atoms with van der Waals surface area (Å²) in [5.74, 6) is 1.53. The Labute approximate surface area is 126 Å². The van der Waals surface area contributed by atoms with E-state index in [1.54, 1.807) is 0 Å². The predicted molar refractivity (Wildman–Crippen MR) is 81.7 cm³/mol. The highest BCUT2D eigenvalue weighted by molar-refractivity contribution is 5.43. The molecule has 0 amide bonds. The van der Waals surface area contributed by atoms with E-state index in [4.69, 9.17) is 9.47 Å². The van der Waals surface area contributed by atoms with Crippen molar-refractivity contribution in [2.24, 2.45) is 0 Å². The first kappa shape index (κ1) is 14.7. The molecule has 2 saturated carbocycles. The fourth-order valence-corrected chi connectivity index (χ4v) is 2.78. The van der Waals surface area contributed by atoms with E-state index in [9.17, 15) is 5.11 Å². The maximum absolute atomic E-state index is 9.90. The Hall–Kier alpha value is -1.26. The van der Waals surface area contributed by atoms with Gasteiger partial charge >= 0.3 is 0 Å². The van der Waals surface area contributed by atoms with Crippen molar-refractivity contribution < 1.29 is 14.6 Å². The quantitative estimate of drug-likeness (QED) is 0.811. The van der Waals surface area contributed by atoms with E-state index < -0.39 is 0 Å². The first-order chi connectivity index (χ1) is 10.3. The van der Waals surface area contributed by atoms with Crippen molar-refractivity contribution in [2.75, 3.05) is 6.61 Å². The van der Waals surface area contributed by atoms with Gasteiger partial charge in [-0.25, -0.2) is 0 Å². The van der Waals surface area contributed by atoms with Gasteiger partial charge in [0.25, 0.3) is 0 Å². The zero-order chi connectivity index (χ0) is 14.7. The molecule has 1 aromatic carbocycles. The Kier molecular flexibility index (Phi) is 4.66. The van der Waals surface area contributed by atoms with Crippen LogP contribution in [0.1, 0.15) is 44.6 Å². The number of benzene rings is 1. The van der Waals surface area contributed by atoms with Crippen LogP contribution in [0, 0.1) is 0 Å². The second-order valence-electron chi connectivity index (χ2n) is 6.02. The standard InChI is InChI=1S/C17H25NO3/c1-2-20-17-10-12(11-18-13-7-8-13)6-9-16(17)21-15-5-3-4-14(15)19/h6,9-10,13-15,18-19H,2-5,7-8,11H2,1H3. The van der Waals surface area contributed by atoms with Crippen LogP contribution in [0.25, 0.3) is 0 Å². The predicted octanol–water partition coefficient (Wildman–Crippen LogP) is 2.63. The molecule has 2 aliphatic carbocycles. The molecule has 0 aromatic heterocycles. The minimum atomic E-state index is -0.351. The number of hydrogen-bond acceptors (Lipinski definition) is 4. The Morgan fingerprint density at radius 2 is 2.05 bits per heavy atom. The molecular weight excluding hydrogens is 266 g/mol. The first-order valence-electron chi connectivity index (χ1n) is 8.10. The number of rotatable bonds is 7. The zero-order valence-corrected chi connectivity index (χ0v) is 12.7. The highest BCUT2D eigenvalue weighted by atomic mass is 16.5. The van der Waals surface area contributed by atoms with Crippen LogP contribution < -0.4 is 14.8 Å². The van der Waals surface area contributed by atoms with E-state index in [2.05, 4.69) is 17.4 Å². The third-order valence-corrected chi connectivity index (χ3v) is 4.18. The molecule has 21 heavy (non-hydrogen) atoms. The summed E-state index contributed by atoms with van der Waals surface area (Å²) in [4.78, 5) is 0. The molecule has 2 unspecified atom stereocenters. The Morgan fingerprint density at radius 1 is 1.19 bits per heavy atom. The molecule has 116 valence electrons. The topological polar surface area (TPSA) is 50.7 Å². The Balaban J connectivity index is 1.68. The van der Waals surface area contributed by atoms with Gasteiger partial charge in [-0.15, -0.1) is 0 Å². The summed E-state index contributed by atoms with van der Waals surface area (Å²) >= 11 is 0. The fraction of sp³-hybridized carbons (Fsp3) is 0.647. The Morgan fingerprint density at radius 3 is 2.71 bits per heavy atom. The van der Waals surface area contributed by atoms with Crippen LogP contribution >= 0.6 is 0 Å². The summed E-state index contributed by atoms with van der Waals surface area (Å²) in [7, 11) is 0. The molecule has 0 heterocycles. The van der Waals surface area contributed by atoms with Crippen molar-refractivity contribution in [3.05, 3.63) is 23.8 Å². The van der Waals surface area contributed by atoms with E-state index in [1.165, 1.54) is 18.4 Å². The van der Waals surface area contributed by atoms with Crippen LogP contribution in [0.2, 0.25) is 0 Å². The van der Waals surface area contributed by atoms with E-state index in [0.29, 0.717) is 12.6 Å². The number of aliphatic hydroxyl groups excluding tert-OH is 1. The molecule has 3 rings (SSSR count). The van der Waals surface area contributed by atoms with Crippen molar-refractivity contribution in [1.29, 1.82) is 0 Å². The normalized spacial score (nSPS) is 25.0. The molecule has 2 atom stereocenters. The van der Waals surface area contributed by atoms with Crippen molar-refractivity contribution >= 4 is 0 Å². The van der Waals surface area contributed by atoms with Gasteiger partial charge in [-0.1, -0.05) is 6.07 Å². The summed E-state index contributed by atoms with van der Waals surface area (Å²) < 4.78 is 11.7. The summed E-state index contributed by atoms with van der Waals surface area (Å²) in [6.45, 7) is 3.46. The SMILES string of the molecule is CCOc1cc(CNC2CC2)ccc1OC1CCCC1O. The van der Waals surface area contributed by atoms with Crippen LogP contribution in [-0.2, 0) is 6.54 Å². The van der Waals surface area contributed by atoms with Gasteiger partial charge < -0.3 is 19.9 Å². The highest BCUT2D eigenvalue weighted by Crippen LogP contribution is 2.33. The molecule has 0 saturated heterocycles. The van der Waals surface area contributed by atoms with Gasteiger partial charge in [-0.2, -0.15) is 0 Å². The zero-order valence-electron chi connectivity index (χ0n) is 12.7. The van der Waals surface area contributed by atoms with Gasteiger partial charge in [0.15, 0.2) is 11.5 Å². The van der Waals surface area contributed by atoms with Gasteiger partial charge in [-0.05, 0) is 56.7 Å². The number of hydrogen-bond donors (Lipinski definition) is 2. The lowest BCUT2D eigenvalue weighted by Gasteiger charge is -2.20. The van der Waals surface area contributed by atoms with Gasteiger partial charge in [0.2, 0.25) is 0 Å². The first-order valence-corrected chi connectivity index (χ1v) is 8.10. The van der Waals surface area contributed by atoms with Gasteiger partial charge in [-0.3, -0.25) is 0 Å². The lowest BCUT2D eigenvalue weighted by atomic mass is 10.2. The summed E-state index contributed by atoms with van der Waals surface area (Å²) in [5, 5.41) is 13.4. The maximum Gasteiger partial charge on any atom is 0.161 e. The van der Waals surface area contributed by atoms with Crippen LogP contribution in [0.15, 0.2) is 18.2 Å². The molecule has 4 heteroatoms. The van der Waals surface area contributed by atoms with Gasteiger partial charge in [0.1, 0.15) is 6.10 Å². The average Bonchev–Trinajstić information content (AvgIpc) is 3.23. The minimum Gasteiger partial charge on any atom is -0.490 e. The van der Waals surface area contributed by atoms with E-state index >= 15 is 0 Å². The molecule has 2 aliphatic rings. The summed E-state index contributed by atoms with van der Waals surface area (Å²) in [5.41, 5.74) is 1.21. The third-order valence-electron chi connectivity index (χ3n) is 4.18. The molecule has 0 aliphatic heterocycles. The van der Waals surface area contributed by atoms with Crippen LogP contribution in [-0.4, -0.2) is 30.0 Å². The second-order valence-corrected chi connectivity index (χ2v) is 6.02. The van der Waals surface area contributed by atoms with Crippen molar-refractivity contribution in [3.63, 3.8) is 0 Å². The van der Waals surface area contributed by atoms with E-state index in [-0.39, 0.29) is 12.2 Å². The lowest BCUT2D eigenvalue weighted by Crippen LogP contribution is -2.25. The van der Waals surface area contributed by atoms with Gasteiger partial charge in [0.05, 0.1) is 12.7 Å². The second kappa shape index (κ2) is 6.67. The maximum atomic E-state index is 9.90. The monoisotopic (exact) mass is 291 g/mol. The molecular formula is C17H25NO3. The van der Waals surface area contributed by atoms with Crippen molar-refractivity contribution in [2.45, 2.75) is 63.8 Å². The lowest BCUT2D eigenvalue weighted by molar-refractivity contribution is 0.0582. The summed E-state index contributed by atoms with van der Waals surface area (Å²) in [6, 6.07) is 6.80. The molecule has 4 nitrogen and oxygen atoms in total. The smallest absolute Gasteiger partial charge is 0.161 e. The van der Waals surface area contributed by atoms with E-state index in [1.807, 2.05) is 13.0 Å². The number of nitrogens with one attached hydrogen (secondary N) is 1. The van der Waals surface area contributed by atoms with Crippen LogP contribution in [0.3, 0.4) is 0 Å². The fourth-order valence-electron chi connectivity index (χ4n) is 2.78. The van der Waals surface area contributed by atoms with E-state index in [0.717, 1.165) is 37.3 Å². The molecule has 0 spiro atoms. The minimum absolute atomic E-state index is 0.0976. The molecule has 0 bridgehead atoms. The third kappa shape index (κ3) is 3.89. The highest BCUT2D eigenvalue weighted by Gasteiger charge is 2.28. The van der Waals surface area contributed by atoms with Gasteiger partial charge in [0, 0.05) is 12.6 Å².